The lowest BCUT2D eigenvalue weighted by atomic mass is 10.3. The van der Waals surface area contributed by atoms with E-state index in [-0.39, 0.29) is 0 Å². The summed E-state index contributed by atoms with van der Waals surface area (Å²) < 4.78 is 0. The summed E-state index contributed by atoms with van der Waals surface area (Å²) in [5.74, 6) is 0. The Morgan fingerprint density at radius 2 is 2.05 bits per heavy atom. The van der Waals surface area contributed by atoms with Gasteiger partial charge in [0.15, 0.2) is 5.13 Å². The number of hydrogen-bond donors (Lipinski definition) is 0. The molecule has 1 aliphatic rings. The van der Waals surface area contributed by atoms with Crippen molar-refractivity contribution >= 4 is 28.1 Å². The van der Waals surface area contributed by atoms with Crippen LogP contribution in [0.15, 0.2) is 29.8 Å². The molecule has 0 bridgehead atoms. The first-order chi connectivity index (χ1) is 9.31. The lowest BCUT2D eigenvalue weighted by Crippen LogP contribution is -2.46. The van der Waals surface area contributed by atoms with Crippen molar-refractivity contribution in [1.82, 2.24) is 14.9 Å². The predicted molar refractivity (Wildman–Crippen MR) is 78.9 cm³/mol. The number of halogens is 1. The molecule has 0 saturated carbocycles. The number of thiazole rings is 1. The van der Waals surface area contributed by atoms with Gasteiger partial charge in [0.25, 0.3) is 0 Å². The van der Waals surface area contributed by atoms with Crippen molar-refractivity contribution < 1.29 is 0 Å². The molecule has 6 heteroatoms. The smallest absolute Gasteiger partial charge is 0.185 e. The highest BCUT2D eigenvalue weighted by atomic mass is 35.5. The largest absolute Gasteiger partial charge is 0.346 e. The maximum absolute atomic E-state index is 5.91. The molecule has 0 amide bonds. The van der Waals surface area contributed by atoms with Gasteiger partial charge in [0.05, 0.1) is 5.69 Å². The molecule has 0 aliphatic carbocycles. The van der Waals surface area contributed by atoms with E-state index in [9.17, 15) is 0 Å². The first-order valence-corrected chi connectivity index (χ1v) is 7.55. The minimum Gasteiger partial charge on any atom is -0.346 e. The molecule has 3 rings (SSSR count). The number of pyridine rings is 1. The minimum absolute atomic E-state index is 0.568. The molecule has 1 aliphatic heterocycles. The summed E-state index contributed by atoms with van der Waals surface area (Å²) in [7, 11) is 0. The summed E-state index contributed by atoms with van der Waals surface area (Å²) in [5.41, 5.74) is 1.04. The molecule has 0 aromatic carbocycles. The molecule has 0 unspecified atom stereocenters. The van der Waals surface area contributed by atoms with Crippen molar-refractivity contribution in [2.75, 3.05) is 31.1 Å². The second-order valence-corrected chi connectivity index (χ2v) is 5.79. The van der Waals surface area contributed by atoms with Crippen LogP contribution in [0.3, 0.4) is 0 Å². The molecule has 4 nitrogen and oxygen atoms in total. The monoisotopic (exact) mass is 294 g/mol. The number of anilines is 1. The van der Waals surface area contributed by atoms with Crippen LogP contribution in [-0.4, -0.2) is 41.0 Å². The van der Waals surface area contributed by atoms with E-state index in [0.717, 1.165) is 43.5 Å². The van der Waals surface area contributed by atoms with Crippen molar-refractivity contribution in [2.45, 2.75) is 6.54 Å². The van der Waals surface area contributed by atoms with Crippen LogP contribution >= 0.6 is 22.9 Å². The van der Waals surface area contributed by atoms with Gasteiger partial charge in [-0.25, -0.2) is 9.97 Å². The Labute approximate surface area is 121 Å². The topological polar surface area (TPSA) is 32.3 Å². The summed E-state index contributed by atoms with van der Waals surface area (Å²) >= 11 is 7.61. The van der Waals surface area contributed by atoms with Gasteiger partial charge in [-0.15, -0.1) is 11.3 Å². The van der Waals surface area contributed by atoms with Crippen LogP contribution in [0.5, 0.6) is 0 Å². The molecule has 2 aromatic heterocycles. The number of hydrogen-bond acceptors (Lipinski definition) is 5. The highest BCUT2D eigenvalue weighted by Gasteiger charge is 2.18. The van der Waals surface area contributed by atoms with E-state index >= 15 is 0 Å². The standard InChI is InChI=1S/C13H15ClN4S/c14-12-3-1-2-11(16-12)10-17-5-7-18(8-6-17)13-15-4-9-19-13/h1-4,9H,5-8,10H2. The fraction of sp³-hybridized carbons (Fsp3) is 0.385. The van der Waals surface area contributed by atoms with Gasteiger partial charge in [0.1, 0.15) is 5.15 Å². The third-order valence-electron chi connectivity index (χ3n) is 3.22. The molecular weight excluding hydrogens is 280 g/mol. The summed E-state index contributed by atoms with van der Waals surface area (Å²) in [5, 5.41) is 3.72. The van der Waals surface area contributed by atoms with Crippen molar-refractivity contribution in [3.8, 4) is 0 Å². The van der Waals surface area contributed by atoms with Crippen LogP contribution in [0, 0.1) is 0 Å². The Kier molecular flexibility index (Phi) is 3.96. The highest BCUT2D eigenvalue weighted by Crippen LogP contribution is 2.19. The van der Waals surface area contributed by atoms with Crippen LogP contribution in [0.4, 0.5) is 5.13 Å². The predicted octanol–water partition coefficient (Wildman–Crippen LogP) is 2.51. The lowest BCUT2D eigenvalue weighted by molar-refractivity contribution is 0.247. The fourth-order valence-corrected chi connectivity index (χ4v) is 3.11. The van der Waals surface area contributed by atoms with Gasteiger partial charge in [0, 0.05) is 44.3 Å². The van der Waals surface area contributed by atoms with E-state index in [0.29, 0.717) is 5.15 Å². The number of aromatic nitrogens is 2. The Bertz CT molecular complexity index is 523. The normalized spacial score (nSPS) is 16.8. The average molecular weight is 295 g/mol. The first kappa shape index (κ1) is 12.8. The molecule has 1 fully saturated rings. The second-order valence-electron chi connectivity index (χ2n) is 4.53. The molecule has 0 N–H and O–H groups in total. The van der Waals surface area contributed by atoms with Crippen LogP contribution in [0.25, 0.3) is 0 Å². The van der Waals surface area contributed by atoms with E-state index in [2.05, 4.69) is 19.8 Å². The molecule has 0 radical (unpaired) electrons. The summed E-state index contributed by atoms with van der Waals surface area (Å²) in [6.45, 7) is 4.98. The van der Waals surface area contributed by atoms with Gasteiger partial charge in [-0.05, 0) is 12.1 Å². The van der Waals surface area contributed by atoms with Crippen LogP contribution < -0.4 is 4.90 Å². The molecule has 0 spiro atoms. The van der Waals surface area contributed by atoms with Crippen molar-refractivity contribution in [2.24, 2.45) is 0 Å². The van der Waals surface area contributed by atoms with Gasteiger partial charge >= 0.3 is 0 Å². The van der Waals surface area contributed by atoms with Crippen LogP contribution in [0.1, 0.15) is 5.69 Å². The van der Waals surface area contributed by atoms with Gasteiger partial charge in [-0.1, -0.05) is 17.7 Å². The van der Waals surface area contributed by atoms with E-state index in [4.69, 9.17) is 11.6 Å². The van der Waals surface area contributed by atoms with Crippen LogP contribution in [0.2, 0.25) is 5.15 Å². The fourth-order valence-electron chi connectivity index (χ4n) is 2.24. The van der Waals surface area contributed by atoms with E-state index < -0.39 is 0 Å². The molecule has 3 heterocycles. The SMILES string of the molecule is Clc1cccc(CN2CCN(c3nccs3)CC2)n1. The lowest BCUT2D eigenvalue weighted by Gasteiger charge is -2.34. The number of nitrogens with zero attached hydrogens (tertiary/aromatic N) is 4. The van der Waals surface area contributed by atoms with Gasteiger partial charge in [-0.3, -0.25) is 4.90 Å². The highest BCUT2D eigenvalue weighted by molar-refractivity contribution is 7.13. The number of rotatable bonds is 3. The van der Waals surface area contributed by atoms with Crippen molar-refractivity contribution in [3.05, 3.63) is 40.6 Å². The van der Waals surface area contributed by atoms with Gasteiger partial charge < -0.3 is 4.90 Å². The third kappa shape index (κ3) is 3.23. The molecule has 19 heavy (non-hydrogen) atoms. The zero-order valence-electron chi connectivity index (χ0n) is 10.5. The Morgan fingerprint density at radius 1 is 1.21 bits per heavy atom. The molecule has 1 saturated heterocycles. The number of piperazine rings is 1. The summed E-state index contributed by atoms with van der Waals surface area (Å²) in [6, 6.07) is 5.79. The maximum atomic E-state index is 5.91. The maximum Gasteiger partial charge on any atom is 0.185 e. The molecule has 0 atom stereocenters. The van der Waals surface area contributed by atoms with Crippen LogP contribution in [-0.2, 0) is 6.54 Å². The Balaban J connectivity index is 1.56. The zero-order valence-corrected chi connectivity index (χ0v) is 12.1. The molecular formula is C13H15ClN4S. The second kappa shape index (κ2) is 5.86. The molecule has 2 aromatic rings. The summed E-state index contributed by atoms with van der Waals surface area (Å²) in [6.07, 6.45) is 1.86. The third-order valence-corrected chi connectivity index (χ3v) is 4.26. The van der Waals surface area contributed by atoms with E-state index in [1.807, 2.05) is 29.8 Å². The average Bonchev–Trinajstić information content (AvgIpc) is 2.94. The van der Waals surface area contributed by atoms with Gasteiger partial charge in [0.2, 0.25) is 0 Å². The van der Waals surface area contributed by atoms with Gasteiger partial charge in [-0.2, -0.15) is 0 Å². The Morgan fingerprint density at radius 3 is 2.74 bits per heavy atom. The van der Waals surface area contributed by atoms with E-state index in [1.165, 1.54) is 0 Å². The van der Waals surface area contributed by atoms with E-state index in [1.54, 1.807) is 11.3 Å². The molecule has 100 valence electrons. The summed E-state index contributed by atoms with van der Waals surface area (Å²) in [4.78, 5) is 13.4. The van der Waals surface area contributed by atoms with Crippen molar-refractivity contribution in [1.29, 1.82) is 0 Å². The quantitative estimate of drug-likeness (QED) is 0.814. The minimum atomic E-state index is 0.568. The first-order valence-electron chi connectivity index (χ1n) is 6.29. The zero-order chi connectivity index (χ0) is 13.1. The Hall–Kier alpha value is -1.17. The van der Waals surface area contributed by atoms with Crippen molar-refractivity contribution in [3.63, 3.8) is 0 Å².